The molecule has 74 valence electrons. The van der Waals surface area contributed by atoms with E-state index in [4.69, 9.17) is 4.74 Å². The Morgan fingerprint density at radius 2 is 2.00 bits per heavy atom. The van der Waals surface area contributed by atoms with Crippen molar-refractivity contribution in [3.63, 3.8) is 0 Å². The van der Waals surface area contributed by atoms with Crippen LogP contribution in [0.25, 0.3) is 0 Å². The van der Waals surface area contributed by atoms with E-state index in [-0.39, 0.29) is 0 Å². The van der Waals surface area contributed by atoms with Crippen molar-refractivity contribution in [1.82, 2.24) is 5.32 Å². The van der Waals surface area contributed by atoms with Crippen LogP contribution in [-0.4, -0.2) is 26.3 Å². The fraction of sp³-hybridized carbons (Fsp3) is 1.00. The van der Waals surface area contributed by atoms with Crippen molar-refractivity contribution < 1.29 is 4.74 Å². The molecule has 1 unspecified atom stereocenters. The number of hydrogen-bond donors (Lipinski definition) is 1. The van der Waals surface area contributed by atoms with Gasteiger partial charge < -0.3 is 10.1 Å². The van der Waals surface area contributed by atoms with Crippen molar-refractivity contribution >= 4 is 0 Å². The van der Waals surface area contributed by atoms with E-state index in [2.05, 4.69) is 26.1 Å². The molecular formula is C10H23NO. The second-order valence-electron chi connectivity index (χ2n) is 3.54. The molecular weight excluding hydrogens is 150 g/mol. The summed E-state index contributed by atoms with van der Waals surface area (Å²) in [4.78, 5) is 0. The summed E-state index contributed by atoms with van der Waals surface area (Å²) < 4.78 is 5.49. The van der Waals surface area contributed by atoms with Crippen molar-refractivity contribution in [2.45, 2.75) is 39.7 Å². The molecule has 1 N–H and O–H groups in total. The van der Waals surface area contributed by atoms with Gasteiger partial charge in [-0.2, -0.15) is 0 Å². The molecule has 0 rings (SSSR count). The van der Waals surface area contributed by atoms with Gasteiger partial charge >= 0.3 is 0 Å². The third kappa shape index (κ3) is 6.62. The molecule has 0 saturated carbocycles. The van der Waals surface area contributed by atoms with Crippen molar-refractivity contribution in [3.05, 3.63) is 0 Å². The van der Waals surface area contributed by atoms with Crippen LogP contribution >= 0.6 is 0 Å². The fourth-order valence-electron chi connectivity index (χ4n) is 1.21. The minimum absolute atomic E-state index is 0.372. The van der Waals surface area contributed by atoms with Crippen LogP contribution in [0, 0.1) is 5.92 Å². The van der Waals surface area contributed by atoms with E-state index in [0.29, 0.717) is 6.10 Å². The molecule has 0 radical (unpaired) electrons. The molecule has 0 aliphatic carbocycles. The van der Waals surface area contributed by atoms with Gasteiger partial charge in [0.1, 0.15) is 0 Å². The van der Waals surface area contributed by atoms with Gasteiger partial charge in [-0.15, -0.1) is 0 Å². The molecule has 0 aliphatic rings. The lowest BCUT2D eigenvalue weighted by atomic mass is 10.0. The Bertz CT molecular complexity index is 93.8. The first-order chi connectivity index (χ1) is 5.70. The molecule has 0 bridgehead atoms. The van der Waals surface area contributed by atoms with Gasteiger partial charge in [0.05, 0.1) is 6.10 Å². The van der Waals surface area contributed by atoms with E-state index < -0.39 is 0 Å². The average Bonchev–Trinajstić information content (AvgIpc) is 2.02. The Hall–Kier alpha value is -0.0800. The Morgan fingerprint density at radius 3 is 2.42 bits per heavy atom. The van der Waals surface area contributed by atoms with Crippen molar-refractivity contribution in [2.75, 3.05) is 20.2 Å². The zero-order valence-corrected chi connectivity index (χ0v) is 8.89. The van der Waals surface area contributed by atoms with Crippen LogP contribution in [0.15, 0.2) is 0 Å². The van der Waals surface area contributed by atoms with E-state index in [1.165, 1.54) is 12.8 Å². The maximum Gasteiger partial charge on any atom is 0.0518 e. The van der Waals surface area contributed by atoms with Crippen LogP contribution < -0.4 is 5.32 Å². The molecule has 0 amide bonds. The Labute approximate surface area is 76.7 Å². The van der Waals surface area contributed by atoms with Crippen LogP contribution in [0.2, 0.25) is 0 Å². The third-order valence-electron chi connectivity index (χ3n) is 2.05. The highest BCUT2D eigenvalue weighted by Crippen LogP contribution is 2.07. The molecule has 0 aromatic heterocycles. The summed E-state index contributed by atoms with van der Waals surface area (Å²) in [6.45, 7) is 8.41. The smallest absolute Gasteiger partial charge is 0.0518 e. The van der Waals surface area contributed by atoms with Crippen LogP contribution in [0.5, 0.6) is 0 Å². The normalized spacial score (nSPS) is 13.8. The monoisotopic (exact) mass is 173 g/mol. The highest BCUT2D eigenvalue weighted by molar-refractivity contribution is 4.58. The van der Waals surface area contributed by atoms with Gasteiger partial charge in [0.15, 0.2) is 0 Å². The molecule has 2 nitrogen and oxygen atoms in total. The lowest BCUT2D eigenvalue weighted by Crippen LogP contribution is -2.20. The van der Waals surface area contributed by atoms with Gasteiger partial charge in [-0.3, -0.25) is 0 Å². The molecule has 0 heterocycles. The maximum atomic E-state index is 5.49. The number of ether oxygens (including phenoxy) is 1. The quantitative estimate of drug-likeness (QED) is 0.636. The molecule has 0 spiro atoms. The second-order valence-corrected chi connectivity index (χ2v) is 3.54. The van der Waals surface area contributed by atoms with Crippen molar-refractivity contribution in [3.8, 4) is 0 Å². The summed E-state index contributed by atoms with van der Waals surface area (Å²) in [5, 5.41) is 3.20. The SMILES string of the molecule is CCC(CCOC(C)C)CNC. The number of rotatable bonds is 7. The van der Waals surface area contributed by atoms with Gasteiger partial charge in [0.2, 0.25) is 0 Å². The van der Waals surface area contributed by atoms with Crippen LogP contribution in [-0.2, 0) is 4.74 Å². The molecule has 0 aromatic rings. The highest BCUT2D eigenvalue weighted by Gasteiger charge is 2.04. The molecule has 12 heavy (non-hydrogen) atoms. The van der Waals surface area contributed by atoms with E-state index >= 15 is 0 Å². The van der Waals surface area contributed by atoms with Gasteiger partial charge in [-0.1, -0.05) is 13.3 Å². The summed E-state index contributed by atoms with van der Waals surface area (Å²) in [6, 6.07) is 0. The van der Waals surface area contributed by atoms with Gasteiger partial charge in [-0.25, -0.2) is 0 Å². The molecule has 0 aromatic carbocycles. The lowest BCUT2D eigenvalue weighted by molar-refractivity contribution is 0.0681. The molecule has 2 heteroatoms. The highest BCUT2D eigenvalue weighted by atomic mass is 16.5. The zero-order valence-electron chi connectivity index (χ0n) is 8.89. The zero-order chi connectivity index (χ0) is 9.40. The van der Waals surface area contributed by atoms with Crippen LogP contribution in [0.1, 0.15) is 33.6 Å². The third-order valence-corrected chi connectivity index (χ3v) is 2.05. The van der Waals surface area contributed by atoms with E-state index in [1.807, 2.05) is 7.05 Å². The summed E-state index contributed by atoms with van der Waals surface area (Å²) in [5.74, 6) is 0.772. The van der Waals surface area contributed by atoms with Gasteiger partial charge in [0.25, 0.3) is 0 Å². The van der Waals surface area contributed by atoms with E-state index in [9.17, 15) is 0 Å². The Balaban J connectivity index is 3.31. The molecule has 0 fully saturated rings. The van der Waals surface area contributed by atoms with Gasteiger partial charge in [-0.05, 0) is 39.8 Å². The predicted octanol–water partition coefficient (Wildman–Crippen LogP) is 2.05. The van der Waals surface area contributed by atoms with Crippen LogP contribution in [0.4, 0.5) is 0 Å². The largest absolute Gasteiger partial charge is 0.379 e. The first kappa shape index (κ1) is 11.9. The topological polar surface area (TPSA) is 21.3 Å². The fourth-order valence-corrected chi connectivity index (χ4v) is 1.21. The molecule has 0 saturated heterocycles. The van der Waals surface area contributed by atoms with E-state index in [0.717, 1.165) is 19.1 Å². The van der Waals surface area contributed by atoms with E-state index in [1.54, 1.807) is 0 Å². The minimum atomic E-state index is 0.372. The number of hydrogen-bond acceptors (Lipinski definition) is 2. The Kier molecular flexibility index (Phi) is 7.51. The molecule has 1 atom stereocenters. The summed E-state index contributed by atoms with van der Waals surface area (Å²) >= 11 is 0. The second kappa shape index (κ2) is 7.56. The lowest BCUT2D eigenvalue weighted by Gasteiger charge is -2.15. The summed E-state index contributed by atoms with van der Waals surface area (Å²) in [7, 11) is 2.01. The number of nitrogens with one attached hydrogen (secondary N) is 1. The van der Waals surface area contributed by atoms with Crippen molar-refractivity contribution in [2.24, 2.45) is 5.92 Å². The van der Waals surface area contributed by atoms with Gasteiger partial charge in [0, 0.05) is 6.61 Å². The average molecular weight is 173 g/mol. The van der Waals surface area contributed by atoms with Crippen molar-refractivity contribution in [1.29, 1.82) is 0 Å². The molecule has 0 aliphatic heterocycles. The maximum absolute atomic E-state index is 5.49. The first-order valence-electron chi connectivity index (χ1n) is 4.96. The summed E-state index contributed by atoms with van der Waals surface area (Å²) in [5.41, 5.74) is 0. The minimum Gasteiger partial charge on any atom is -0.379 e. The first-order valence-corrected chi connectivity index (χ1v) is 4.96. The van der Waals surface area contributed by atoms with Crippen LogP contribution in [0.3, 0.4) is 0 Å². The standard InChI is InChI=1S/C10H23NO/c1-5-10(8-11-4)6-7-12-9(2)3/h9-11H,5-8H2,1-4H3. The Morgan fingerprint density at radius 1 is 1.33 bits per heavy atom. The summed E-state index contributed by atoms with van der Waals surface area (Å²) in [6.07, 6.45) is 2.79. The predicted molar refractivity (Wildman–Crippen MR) is 53.4 cm³/mol.